The second kappa shape index (κ2) is 13.2. The summed E-state index contributed by atoms with van der Waals surface area (Å²) in [6, 6.07) is 12.9. The fourth-order valence-corrected chi connectivity index (χ4v) is 3.66. The lowest BCUT2D eigenvalue weighted by Crippen LogP contribution is -2.41. The summed E-state index contributed by atoms with van der Waals surface area (Å²) in [5.74, 6) is 2.56. The molecule has 0 aromatic heterocycles. The average Bonchev–Trinajstić information content (AvgIpc) is 2.84. The standard InChI is InChI=1S/C25H33N3O5/c1-3-31-24-17-19(18-26-28-25(29)27-20-9-5-4-6-10-20)13-14-23(24)33-16-15-32-22-12-8-7-11-21(22)30-2/h7-8,11-14,17-18,20H,3-6,9-10,15-16H2,1-2H3,(H2,27,28,29)/b26-18-. The molecule has 2 aromatic carbocycles. The van der Waals surface area contributed by atoms with E-state index < -0.39 is 0 Å². The molecule has 1 fully saturated rings. The van der Waals surface area contributed by atoms with Crippen molar-refractivity contribution in [3.63, 3.8) is 0 Å². The molecule has 1 aliphatic carbocycles. The first-order valence-electron chi connectivity index (χ1n) is 11.4. The van der Waals surface area contributed by atoms with Crippen molar-refractivity contribution in [3.8, 4) is 23.0 Å². The number of hydrogen-bond acceptors (Lipinski definition) is 6. The Morgan fingerprint density at radius 2 is 1.67 bits per heavy atom. The minimum absolute atomic E-state index is 0.238. The highest BCUT2D eigenvalue weighted by atomic mass is 16.5. The Labute approximate surface area is 195 Å². The van der Waals surface area contributed by atoms with E-state index in [1.807, 2.05) is 49.4 Å². The summed E-state index contributed by atoms with van der Waals surface area (Å²) < 4.78 is 22.6. The Balaban J connectivity index is 1.49. The predicted molar refractivity (Wildman–Crippen MR) is 128 cm³/mol. The van der Waals surface area contributed by atoms with E-state index in [1.54, 1.807) is 13.3 Å². The molecule has 0 spiro atoms. The zero-order chi connectivity index (χ0) is 23.3. The molecule has 2 N–H and O–H groups in total. The maximum atomic E-state index is 12.0. The molecule has 178 valence electrons. The van der Waals surface area contributed by atoms with Gasteiger partial charge in [-0.2, -0.15) is 5.10 Å². The smallest absolute Gasteiger partial charge is 0.335 e. The Kier molecular flexibility index (Phi) is 9.69. The summed E-state index contributed by atoms with van der Waals surface area (Å²) in [5, 5.41) is 7.01. The maximum absolute atomic E-state index is 12.0. The zero-order valence-corrected chi connectivity index (χ0v) is 19.3. The third-order valence-electron chi connectivity index (χ3n) is 5.26. The molecule has 0 radical (unpaired) electrons. The van der Waals surface area contributed by atoms with E-state index in [9.17, 15) is 4.79 Å². The molecular weight excluding hydrogens is 422 g/mol. The van der Waals surface area contributed by atoms with Crippen molar-refractivity contribution in [2.45, 2.75) is 45.1 Å². The van der Waals surface area contributed by atoms with Crippen molar-refractivity contribution in [1.82, 2.24) is 10.7 Å². The van der Waals surface area contributed by atoms with Crippen LogP contribution >= 0.6 is 0 Å². The lowest BCUT2D eigenvalue weighted by molar-refractivity contribution is 0.203. The van der Waals surface area contributed by atoms with Crippen LogP contribution in [0.2, 0.25) is 0 Å². The number of methoxy groups -OCH3 is 1. The van der Waals surface area contributed by atoms with Gasteiger partial charge in [0.15, 0.2) is 23.0 Å². The number of amides is 2. The fraction of sp³-hybridized carbons (Fsp3) is 0.440. The van der Waals surface area contributed by atoms with Crippen LogP contribution in [0.15, 0.2) is 47.6 Å². The summed E-state index contributed by atoms with van der Waals surface area (Å²) in [6.45, 7) is 3.10. The van der Waals surface area contributed by atoms with Crippen LogP contribution in [0.1, 0.15) is 44.6 Å². The van der Waals surface area contributed by atoms with E-state index in [2.05, 4.69) is 15.8 Å². The largest absolute Gasteiger partial charge is 0.493 e. The number of carbonyl (C=O) groups is 1. The second-order valence-corrected chi connectivity index (χ2v) is 7.67. The van der Waals surface area contributed by atoms with Gasteiger partial charge in [-0.05, 0) is 55.7 Å². The molecule has 8 nitrogen and oxygen atoms in total. The summed E-state index contributed by atoms with van der Waals surface area (Å²) in [7, 11) is 1.61. The summed E-state index contributed by atoms with van der Waals surface area (Å²) in [5.41, 5.74) is 3.32. The Bertz CT molecular complexity index is 913. The number of carbonyl (C=O) groups excluding carboxylic acids is 1. The van der Waals surface area contributed by atoms with Crippen LogP contribution in [-0.2, 0) is 0 Å². The molecule has 8 heteroatoms. The molecule has 3 rings (SSSR count). The van der Waals surface area contributed by atoms with E-state index in [1.165, 1.54) is 6.42 Å². The maximum Gasteiger partial charge on any atom is 0.335 e. The lowest BCUT2D eigenvalue weighted by Gasteiger charge is -2.22. The number of nitrogens with one attached hydrogen (secondary N) is 2. The van der Waals surface area contributed by atoms with Gasteiger partial charge in [-0.3, -0.25) is 0 Å². The van der Waals surface area contributed by atoms with Crippen LogP contribution in [0.3, 0.4) is 0 Å². The number of hydrazone groups is 1. The zero-order valence-electron chi connectivity index (χ0n) is 19.3. The van der Waals surface area contributed by atoms with E-state index >= 15 is 0 Å². The molecule has 0 atom stereocenters. The molecule has 0 bridgehead atoms. The number of ether oxygens (including phenoxy) is 4. The van der Waals surface area contributed by atoms with Gasteiger partial charge in [-0.25, -0.2) is 10.2 Å². The summed E-state index contributed by atoms with van der Waals surface area (Å²) >= 11 is 0. The predicted octanol–water partition coefficient (Wildman–Crippen LogP) is 4.52. The minimum atomic E-state index is -0.279. The number of hydrogen-bond donors (Lipinski definition) is 2. The highest BCUT2D eigenvalue weighted by Gasteiger charge is 2.15. The third-order valence-corrected chi connectivity index (χ3v) is 5.26. The molecule has 1 saturated carbocycles. The molecule has 33 heavy (non-hydrogen) atoms. The topological polar surface area (TPSA) is 90.4 Å². The van der Waals surface area contributed by atoms with Crippen molar-refractivity contribution in [3.05, 3.63) is 48.0 Å². The molecule has 2 amide bonds. The van der Waals surface area contributed by atoms with Gasteiger partial charge >= 0.3 is 6.03 Å². The minimum Gasteiger partial charge on any atom is -0.493 e. The molecule has 2 aromatic rings. The van der Waals surface area contributed by atoms with Crippen LogP contribution < -0.4 is 29.7 Å². The first kappa shape index (κ1) is 24.2. The molecule has 0 unspecified atom stereocenters. The van der Waals surface area contributed by atoms with Gasteiger partial charge in [0, 0.05) is 6.04 Å². The van der Waals surface area contributed by atoms with Crippen LogP contribution in [-0.4, -0.2) is 45.2 Å². The fourth-order valence-electron chi connectivity index (χ4n) is 3.66. The van der Waals surface area contributed by atoms with Gasteiger partial charge < -0.3 is 24.3 Å². The van der Waals surface area contributed by atoms with Gasteiger partial charge in [0.1, 0.15) is 13.2 Å². The SMILES string of the molecule is CCOc1cc(/C=N\NC(=O)NC2CCCCC2)ccc1OCCOc1ccccc1OC. The molecule has 0 saturated heterocycles. The van der Waals surface area contributed by atoms with Gasteiger partial charge in [-0.15, -0.1) is 0 Å². The van der Waals surface area contributed by atoms with Crippen molar-refractivity contribution in [2.24, 2.45) is 5.10 Å². The van der Waals surface area contributed by atoms with E-state index in [0.717, 1.165) is 31.2 Å². The van der Waals surface area contributed by atoms with Crippen molar-refractivity contribution < 1.29 is 23.7 Å². The number of para-hydroxylation sites is 2. The van der Waals surface area contributed by atoms with Gasteiger partial charge in [0.25, 0.3) is 0 Å². The van der Waals surface area contributed by atoms with E-state index in [4.69, 9.17) is 18.9 Å². The summed E-state index contributed by atoms with van der Waals surface area (Å²) in [4.78, 5) is 12.0. The number of benzene rings is 2. The molecule has 0 aliphatic heterocycles. The third kappa shape index (κ3) is 7.89. The summed E-state index contributed by atoms with van der Waals surface area (Å²) in [6.07, 6.45) is 7.21. The Morgan fingerprint density at radius 3 is 2.36 bits per heavy atom. The Hall–Kier alpha value is -3.42. The first-order valence-corrected chi connectivity index (χ1v) is 11.4. The van der Waals surface area contributed by atoms with Crippen LogP contribution in [0, 0.1) is 0 Å². The first-order chi connectivity index (χ1) is 16.2. The molecular formula is C25H33N3O5. The second-order valence-electron chi connectivity index (χ2n) is 7.67. The van der Waals surface area contributed by atoms with Gasteiger partial charge in [-0.1, -0.05) is 31.4 Å². The van der Waals surface area contributed by atoms with Gasteiger partial charge in [0.05, 0.1) is 19.9 Å². The van der Waals surface area contributed by atoms with E-state index in [0.29, 0.717) is 42.8 Å². The monoisotopic (exact) mass is 455 g/mol. The highest BCUT2D eigenvalue weighted by Crippen LogP contribution is 2.29. The average molecular weight is 456 g/mol. The lowest BCUT2D eigenvalue weighted by atomic mass is 9.96. The van der Waals surface area contributed by atoms with Crippen LogP contribution in [0.5, 0.6) is 23.0 Å². The number of nitrogens with zero attached hydrogens (tertiary/aromatic N) is 1. The van der Waals surface area contributed by atoms with Crippen LogP contribution in [0.25, 0.3) is 0 Å². The molecule has 0 heterocycles. The van der Waals surface area contributed by atoms with Crippen molar-refractivity contribution in [1.29, 1.82) is 0 Å². The Morgan fingerprint density at radius 1 is 0.970 bits per heavy atom. The van der Waals surface area contributed by atoms with E-state index in [-0.39, 0.29) is 12.1 Å². The normalized spacial score (nSPS) is 14.0. The van der Waals surface area contributed by atoms with Crippen molar-refractivity contribution >= 4 is 12.2 Å². The van der Waals surface area contributed by atoms with Crippen LogP contribution in [0.4, 0.5) is 4.79 Å². The quantitative estimate of drug-likeness (QED) is 0.295. The van der Waals surface area contributed by atoms with Crippen molar-refractivity contribution in [2.75, 3.05) is 26.9 Å². The number of urea groups is 1. The highest BCUT2D eigenvalue weighted by molar-refractivity contribution is 5.82. The van der Waals surface area contributed by atoms with Gasteiger partial charge in [0.2, 0.25) is 0 Å². The molecule has 1 aliphatic rings. The number of rotatable bonds is 11.